The van der Waals surface area contributed by atoms with Gasteiger partial charge in [0.05, 0.1) is 24.0 Å². The molecule has 23 heavy (non-hydrogen) atoms. The molecule has 0 amide bonds. The normalized spacial score (nSPS) is 15.0. The first-order valence-electron chi connectivity index (χ1n) is 7.79. The Morgan fingerprint density at radius 2 is 1.96 bits per heavy atom. The maximum Gasteiger partial charge on any atom is 0.309 e. The number of carboxylic acid groups (broad SMARTS) is 1. The van der Waals surface area contributed by atoms with Gasteiger partial charge >= 0.3 is 5.97 Å². The third kappa shape index (κ3) is 4.29. The predicted molar refractivity (Wildman–Crippen MR) is 83.9 cm³/mol. The molecular weight excluding hydrogens is 296 g/mol. The van der Waals surface area contributed by atoms with Crippen molar-refractivity contribution in [3.05, 3.63) is 36.2 Å². The maximum absolute atomic E-state index is 10.7. The monoisotopic (exact) mass is 316 g/mol. The highest BCUT2D eigenvalue weighted by Crippen LogP contribution is 2.15. The zero-order valence-corrected chi connectivity index (χ0v) is 12.9. The lowest BCUT2D eigenvalue weighted by Crippen LogP contribution is -2.25. The molecule has 0 unspecified atom stereocenters. The van der Waals surface area contributed by atoms with Crippen LogP contribution in [0.5, 0.6) is 5.75 Å². The van der Waals surface area contributed by atoms with E-state index in [1.165, 1.54) is 25.9 Å². The third-order valence-electron chi connectivity index (χ3n) is 3.85. The first-order valence-corrected chi connectivity index (χ1v) is 7.79. The largest absolute Gasteiger partial charge is 0.492 e. The van der Waals surface area contributed by atoms with Crippen LogP contribution in [0.2, 0.25) is 0 Å². The molecule has 1 aliphatic rings. The lowest BCUT2D eigenvalue weighted by atomic mass is 10.3. The van der Waals surface area contributed by atoms with Crippen LogP contribution < -0.4 is 4.74 Å². The molecule has 7 heteroatoms. The van der Waals surface area contributed by atoms with Crippen molar-refractivity contribution in [2.24, 2.45) is 0 Å². The Balaban J connectivity index is 1.53. The van der Waals surface area contributed by atoms with Gasteiger partial charge in [0.25, 0.3) is 0 Å². The van der Waals surface area contributed by atoms with Crippen molar-refractivity contribution in [1.82, 2.24) is 19.9 Å². The SMILES string of the molecule is O=C(O)Cc1cn(-c2ccc(OCCN3CCCC3)cc2)nn1. The molecular formula is C16H20N4O3. The zero-order chi connectivity index (χ0) is 16.1. The second-order valence-electron chi connectivity index (χ2n) is 5.62. The summed E-state index contributed by atoms with van der Waals surface area (Å²) in [5, 5.41) is 16.5. The van der Waals surface area contributed by atoms with Gasteiger partial charge in [0, 0.05) is 6.54 Å². The van der Waals surface area contributed by atoms with E-state index in [4.69, 9.17) is 9.84 Å². The van der Waals surface area contributed by atoms with E-state index < -0.39 is 5.97 Å². The van der Waals surface area contributed by atoms with Crippen LogP contribution in [0.3, 0.4) is 0 Å². The van der Waals surface area contributed by atoms with E-state index in [2.05, 4.69) is 15.2 Å². The Bertz CT molecular complexity index is 648. The molecule has 0 bridgehead atoms. The lowest BCUT2D eigenvalue weighted by Gasteiger charge is -2.15. The van der Waals surface area contributed by atoms with Crippen molar-refractivity contribution in [2.75, 3.05) is 26.2 Å². The summed E-state index contributed by atoms with van der Waals surface area (Å²) in [5.41, 5.74) is 1.25. The minimum atomic E-state index is -0.918. The van der Waals surface area contributed by atoms with Gasteiger partial charge in [-0.05, 0) is 50.2 Å². The summed E-state index contributed by atoms with van der Waals surface area (Å²) in [6.45, 7) is 4.00. The summed E-state index contributed by atoms with van der Waals surface area (Å²) in [6.07, 6.45) is 4.07. The highest BCUT2D eigenvalue weighted by atomic mass is 16.5. The molecule has 1 N–H and O–H groups in total. The second kappa shape index (κ2) is 7.23. The van der Waals surface area contributed by atoms with Crippen LogP contribution in [0.4, 0.5) is 0 Å². The van der Waals surface area contributed by atoms with Gasteiger partial charge in [-0.1, -0.05) is 5.21 Å². The molecule has 7 nitrogen and oxygen atoms in total. The summed E-state index contributed by atoms with van der Waals surface area (Å²) in [5.74, 6) is -0.0994. The predicted octanol–water partition coefficient (Wildman–Crippen LogP) is 1.37. The van der Waals surface area contributed by atoms with Gasteiger partial charge in [0.2, 0.25) is 0 Å². The molecule has 0 atom stereocenters. The quantitative estimate of drug-likeness (QED) is 0.831. The van der Waals surface area contributed by atoms with E-state index in [9.17, 15) is 4.79 Å². The first-order chi connectivity index (χ1) is 11.2. The van der Waals surface area contributed by atoms with Crippen LogP contribution in [0, 0.1) is 0 Å². The van der Waals surface area contributed by atoms with E-state index in [-0.39, 0.29) is 6.42 Å². The van der Waals surface area contributed by atoms with Crippen LogP contribution in [0.15, 0.2) is 30.5 Å². The van der Waals surface area contributed by atoms with E-state index in [1.54, 1.807) is 10.9 Å². The highest BCUT2D eigenvalue weighted by Gasteiger charge is 2.11. The minimum Gasteiger partial charge on any atom is -0.492 e. The Hall–Kier alpha value is -2.41. The fourth-order valence-electron chi connectivity index (χ4n) is 2.65. The van der Waals surface area contributed by atoms with Gasteiger partial charge in [-0.2, -0.15) is 0 Å². The molecule has 3 rings (SSSR count). The van der Waals surface area contributed by atoms with Crippen LogP contribution in [-0.2, 0) is 11.2 Å². The maximum atomic E-state index is 10.7. The standard InChI is InChI=1S/C16H20N4O3/c21-16(22)11-13-12-20(18-17-13)14-3-5-15(6-4-14)23-10-9-19-7-1-2-8-19/h3-6,12H,1-2,7-11H2,(H,21,22). The topological polar surface area (TPSA) is 80.5 Å². The number of ether oxygens (including phenoxy) is 1. The molecule has 1 fully saturated rings. The molecule has 122 valence electrons. The van der Waals surface area contributed by atoms with Crippen LogP contribution in [-0.4, -0.2) is 57.2 Å². The molecule has 2 heterocycles. The second-order valence-corrected chi connectivity index (χ2v) is 5.62. The van der Waals surface area contributed by atoms with Crippen molar-refractivity contribution in [3.63, 3.8) is 0 Å². The summed E-state index contributed by atoms with van der Waals surface area (Å²) in [6, 6.07) is 7.53. The molecule has 2 aromatic rings. The summed E-state index contributed by atoms with van der Waals surface area (Å²) < 4.78 is 7.31. The van der Waals surface area contributed by atoms with E-state index in [0.29, 0.717) is 12.3 Å². The molecule has 1 aromatic carbocycles. The molecule has 1 aromatic heterocycles. The molecule has 0 aliphatic carbocycles. The molecule has 1 aliphatic heterocycles. The number of aliphatic carboxylic acids is 1. The molecule has 1 saturated heterocycles. The Labute approximate surface area is 134 Å². The van der Waals surface area contributed by atoms with Gasteiger partial charge in [0.1, 0.15) is 12.4 Å². The van der Waals surface area contributed by atoms with Crippen molar-refractivity contribution in [3.8, 4) is 11.4 Å². The fourth-order valence-corrected chi connectivity index (χ4v) is 2.65. The number of carbonyl (C=O) groups is 1. The Morgan fingerprint density at radius 3 is 2.65 bits per heavy atom. The first kappa shape index (κ1) is 15.5. The van der Waals surface area contributed by atoms with Gasteiger partial charge < -0.3 is 9.84 Å². The smallest absolute Gasteiger partial charge is 0.309 e. The molecule has 0 radical (unpaired) electrons. The third-order valence-corrected chi connectivity index (χ3v) is 3.85. The average molecular weight is 316 g/mol. The number of likely N-dealkylation sites (tertiary alicyclic amines) is 1. The number of nitrogens with zero attached hydrogens (tertiary/aromatic N) is 4. The number of hydrogen-bond donors (Lipinski definition) is 1. The molecule has 0 saturated carbocycles. The lowest BCUT2D eigenvalue weighted by molar-refractivity contribution is -0.136. The van der Waals surface area contributed by atoms with Crippen LogP contribution in [0.1, 0.15) is 18.5 Å². The number of aromatic nitrogens is 3. The number of rotatable bonds is 7. The molecule has 0 spiro atoms. The Morgan fingerprint density at radius 1 is 1.22 bits per heavy atom. The van der Waals surface area contributed by atoms with E-state index in [0.717, 1.165) is 18.0 Å². The van der Waals surface area contributed by atoms with Crippen molar-refractivity contribution >= 4 is 5.97 Å². The number of carboxylic acids is 1. The Kier molecular flexibility index (Phi) is 4.87. The van der Waals surface area contributed by atoms with Gasteiger partial charge in [-0.3, -0.25) is 9.69 Å². The van der Waals surface area contributed by atoms with Crippen molar-refractivity contribution in [1.29, 1.82) is 0 Å². The average Bonchev–Trinajstić information content (AvgIpc) is 3.19. The number of benzene rings is 1. The summed E-state index contributed by atoms with van der Waals surface area (Å²) >= 11 is 0. The summed E-state index contributed by atoms with van der Waals surface area (Å²) in [4.78, 5) is 13.1. The zero-order valence-electron chi connectivity index (χ0n) is 12.9. The van der Waals surface area contributed by atoms with E-state index >= 15 is 0 Å². The van der Waals surface area contributed by atoms with Crippen LogP contribution in [0.25, 0.3) is 5.69 Å². The van der Waals surface area contributed by atoms with Gasteiger partial charge in [-0.15, -0.1) is 5.10 Å². The van der Waals surface area contributed by atoms with Gasteiger partial charge in [-0.25, -0.2) is 4.68 Å². The fraction of sp³-hybridized carbons (Fsp3) is 0.438. The van der Waals surface area contributed by atoms with Crippen molar-refractivity contribution in [2.45, 2.75) is 19.3 Å². The number of hydrogen-bond acceptors (Lipinski definition) is 5. The van der Waals surface area contributed by atoms with Crippen molar-refractivity contribution < 1.29 is 14.6 Å². The van der Waals surface area contributed by atoms with Crippen LogP contribution >= 0.6 is 0 Å². The summed E-state index contributed by atoms with van der Waals surface area (Å²) in [7, 11) is 0. The van der Waals surface area contributed by atoms with E-state index in [1.807, 2.05) is 24.3 Å². The van der Waals surface area contributed by atoms with Gasteiger partial charge in [0.15, 0.2) is 0 Å². The minimum absolute atomic E-state index is 0.127. The highest BCUT2D eigenvalue weighted by molar-refractivity contribution is 5.69.